The number of likely N-dealkylation sites (tertiary alicyclic amines) is 1. The van der Waals surface area contributed by atoms with E-state index in [1.54, 1.807) is 24.3 Å². The molecule has 1 saturated heterocycles. The summed E-state index contributed by atoms with van der Waals surface area (Å²) in [5.74, 6) is 0.279. The number of carboxylic acid groups (broad SMARTS) is 1. The zero-order valence-corrected chi connectivity index (χ0v) is 15.4. The van der Waals surface area contributed by atoms with Crippen molar-refractivity contribution in [1.29, 1.82) is 0 Å². The van der Waals surface area contributed by atoms with Crippen molar-refractivity contribution >= 4 is 22.7 Å². The molecule has 6 nitrogen and oxygen atoms in total. The number of nitrogens with zero attached hydrogens (tertiary/aromatic N) is 3. The zero-order chi connectivity index (χ0) is 21.5. The molecule has 0 saturated carbocycles. The number of nitrogens with one attached hydrogen (secondary N) is 1. The van der Waals surface area contributed by atoms with Gasteiger partial charge in [-0.25, -0.2) is 9.18 Å². The topological polar surface area (TPSA) is 78.4 Å². The van der Waals surface area contributed by atoms with Gasteiger partial charge in [-0.3, -0.25) is 0 Å². The first-order valence-corrected chi connectivity index (χ1v) is 9.05. The van der Waals surface area contributed by atoms with Crippen LogP contribution in [-0.4, -0.2) is 51.6 Å². The Morgan fingerprint density at radius 1 is 1.03 bits per heavy atom. The summed E-state index contributed by atoms with van der Waals surface area (Å²) in [5.41, 5.74) is 0.0831. The number of hydrogen-bond donors (Lipinski definition) is 2. The van der Waals surface area contributed by atoms with Crippen LogP contribution < -0.4 is 5.32 Å². The molecular weight excluding hydrogens is 404 g/mol. The fourth-order valence-electron chi connectivity index (χ4n) is 3.47. The van der Waals surface area contributed by atoms with Gasteiger partial charge in [-0.1, -0.05) is 36.4 Å². The molecule has 4 rings (SSSR count). The Kier molecular flexibility index (Phi) is 4.92. The maximum atomic E-state index is 14.3. The average Bonchev–Trinajstić information content (AvgIpc) is 3.08. The molecule has 2 N–H and O–H groups in total. The lowest BCUT2D eigenvalue weighted by atomic mass is 10.0. The van der Waals surface area contributed by atoms with Gasteiger partial charge in [0.25, 0.3) is 0 Å². The normalized spacial score (nSPS) is 19.3. The zero-order valence-electron chi connectivity index (χ0n) is 15.4. The highest BCUT2D eigenvalue weighted by molar-refractivity contribution is 6.00. The van der Waals surface area contributed by atoms with E-state index in [2.05, 4.69) is 15.5 Å². The van der Waals surface area contributed by atoms with Crippen LogP contribution in [0.3, 0.4) is 0 Å². The van der Waals surface area contributed by atoms with Crippen LogP contribution in [0.5, 0.6) is 0 Å². The fourth-order valence-corrected chi connectivity index (χ4v) is 3.47. The average molecular weight is 420 g/mol. The Morgan fingerprint density at radius 3 is 2.30 bits per heavy atom. The van der Waals surface area contributed by atoms with Crippen molar-refractivity contribution in [2.75, 3.05) is 18.4 Å². The molecule has 0 spiro atoms. The second kappa shape index (κ2) is 7.43. The van der Waals surface area contributed by atoms with Gasteiger partial charge < -0.3 is 15.3 Å². The number of hydrogen-bond acceptors (Lipinski definition) is 4. The van der Waals surface area contributed by atoms with Crippen molar-refractivity contribution in [3.63, 3.8) is 0 Å². The summed E-state index contributed by atoms with van der Waals surface area (Å²) in [6.07, 6.45) is -7.04. The molecule has 1 amide bonds. The monoisotopic (exact) mass is 420 g/mol. The van der Waals surface area contributed by atoms with Gasteiger partial charge in [0.1, 0.15) is 11.9 Å². The molecule has 3 aromatic rings. The number of fused-ring (bicyclic) bond motifs is 1. The molecule has 1 aliphatic heterocycles. The number of alkyl halides is 4. The molecule has 2 atom stereocenters. The number of rotatable bonds is 3. The first kappa shape index (κ1) is 19.9. The van der Waals surface area contributed by atoms with E-state index in [1.165, 1.54) is 12.1 Å². The van der Waals surface area contributed by atoms with Gasteiger partial charge in [0.05, 0.1) is 18.2 Å². The van der Waals surface area contributed by atoms with Crippen molar-refractivity contribution < 1.29 is 27.5 Å². The van der Waals surface area contributed by atoms with Gasteiger partial charge in [0, 0.05) is 22.9 Å². The Hall–Kier alpha value is -3.43. The summed E-state index contributed by atoms with van der Waals surface area (Å²) in [6.45, 7) is -0.269. The van der Waals surface area contributed by atoms with Crippen LogP contribution in [0, 0.1) is 0 Å². The minimum Gasteiger partial charge on any atom is -0.465 e. The Balaban J connectivity index is 1.68. The van der Waals surface area contributed by atoms with Gasteiger partial charge in [-0.15, -0.1) is 10.2 Å². The van der Waals surface area contributed by atoms with E-state index in [0.717, 1.165) is 17.0 Å². The highest BCUT2D eigenvalue weighted by atomic mass is 19.4. The predicted molar refractivity (Wildman–Crippen MR) is 102 cm³/mol. The van der Waals surface area contributed by atoms with Crippen LogP contribution in [0.4, 0.5) is 28.2 Å². The molecule has 2 heterocycles. The summed E-state index contributed by atoms with van der Waals surface area (Å²) < 4.78 is 52.7. The van der Waals surface area contributed by atoms with Crippen molar-refractivity contribution in [1.82, 2.24) is 15.1 Å². The summed E-state index contributed by atoms with van der Waals surface area (Å²) in [6, 6.07) is 10.8. The van der Waals surface area contributed by atoms with E-state index in [4.69, 9.17) is 5.11 Å². The van der Waals surface area contributed by atoms with E-state index >= 15 is 0 Å². The lowest BCUT2D eigenvalue weighted by Crippen LogP contribution is -2.31. The molecule has 1 aromatic heterocycles. The van der Waals surface area contributed by atoms with Gasteiger partial charge in [-0.05, 0) is 12.1 Å². The number of halogens is 4. The number of anilines is 1. The predicted octanol–water partition coefficient (Wildman–Crippen LogP) is 4.43. The summed E-state index contributed by atoms with van der Waals surface area (Å²) in [7, 11) is 0. The van der Waals surface area contributed by atoms with Crippen LogP contribution >= 0.6 is 0 Å². The lowest BCUT2D eigenvalue weighted by molar-refractivity contribution is -0.137. The number of amides is 1. The molecule has 1 fully saturated rings. The van der Waals surface area contributed by atoms with Gasteiger partial charge >= 0.3 is 12.3 Å². The van der Waals surface area contributed by atoms with E-state index in [1.807, 2.05) is 0 Å². The third-order valence-corrected chi connectivity index (χ3v) is 5.01. The molecule has 1 aliphatic rings. The molecule has 30 heavy (non-hydrogen) atoms. The molecule has 0 radical (unpaired) electrons. The fraction of sp³-hybridized carbons (Fsp3) is 0.250. The van der Waals surface area contributed by atoms with Crippen LogP contribution in [0.2, 0.25) is 0 Å². The van der Waals surface area contributed by atoms with Gasteiger partial charge in [0.2, 0.25) is 0 Å². The minimum atomic E-state index is -4.44. The number of benzene rings is 2. The maximum Gasteiger partial charge on any atom is 0.416 e. The van der Waals surface area contributed by atoms with Crippen molar-refractivity contribution in [3.8, 4) is 11.3 Å². The molecule has 0 unspecified atom stereocenters. The molecular formula is C20H16F4N4O2. The smallest absolute Gasteiger partial charge is 0.416 e. The van der Waals surface area contributed by atoms with Crippen LogP contribution in [-0.2, 0) is 6.18 Å². The van der Waals surface area contributed by atoms with Crippen LogP contribution in [0.15, 0.2) is 48.5 Å². The van der Waals surface area contributed by atoms with Crippen molar-refractivity contribution in [2.45, 2.75) is 18.4 Å². The van der Waals surface area contributed by atoms with Crippen molar-refractivity contribution in [2.24, 2.45) is 0 Å². The van der Waals surface area contributed by atoms with Crippen LogP contribution in [0.1, 0.15) is 5.56 Å². The van der Waals surface area contributed by atoms with Gasteiger partial charge in [0.15, 0.2) is 5.82 Å². The van der Waals surface area contributed by atoms with E-state index in [0.29, 0.717) is 22.0 Å². The Bertz CT molecular complexity index is 1090. The first-order chi connectivity index (χ1) is 14.2. The molecule has 2 aromatic carbocycles. The molecule has 0 bridgehead atoms. The van der Waals surface area contributed by atoms with E-state index in [9.17, 15) is 22.4 Å². The third kappa shape index (κ3) is 3.72. The molecule has 10 heteroatoms. The van der Waals surface area contributed by atoms with E-state index in [-0.39, 0.29) is 18.9 Å². The third-order valence-electron chi connectivity index (χ3n) is 5.01. The highest BCUT2D eigenvalue weighted by Crippen LogP contribution is 2.34. The lowest BCUT2D eigenvalue weighted by Gasteiger charge is -2.17. The summed E-state index contributed by atoms with van der Waals surface area (Å²) in [5, 5.41) is 21.4. The van der Waals surface area contributed by atoms with Crippen molar-refractivity contribution in [3.05, 3.63) is 54.1 Å². The first-order valence-electron chi connectivity index (χ1n) is 9.05. The van der Waals surface area contributed by atoms with Crippen LogP contribution in [0.25, 0.3) is 22.0 Å². The number of aromatic nitrogens is 2. The molecule has 156 valence electrons. The summed E-state index contributed by atoms with van der Waals surface area (Å²) >= 11 is 0. The second-order valence-electron chi connectivity index (χ2n) is 6.97. The minimum absolute atomic E-state index is 0.0346. The number of carbonyl (C=O) groups is 1. The van der Waals surface area contributed by atoms with Gasteiger partial charge in [-0.2, -0.15) is 13.2 Å². The highest BCUT2D eigenvalue weighted by Gasteiger charge is 2.36. The summed E-state index contributed by atoms with van der Waals surface area (Å²) in [4.78, 5) is 12.1. The van der Waals surface area contributed by atoms with E-state index < -0.39 is 30.0 Å². The standard InChI is InChI=1S/C20H16F4N4O2/c21-15-9-28(19(29)30)10-16(15)25-18-14-4-2-1-3-13(14)17(26-27-18)11-5-7-12(8-6-11)20(22,23)24/h1-8,15-16H,9-10H2,(H,25,27)(H,29,30)/t15-,16+/m0/s1. The molecule has 0 aliphatic carbocycles. The Morgan fingerprint density at radius 2 is 1.70 bits per heavy atom. The maximum absolute atomic E-state index is 14.3. The SMILES string of the molecule is O=C(O)N1C[C@H](F)[C@H](Nc2nnc(-c3ccc(C(F)(F)F)cc3)c3ccccc23)C1. The second-order valence-corrected chi connectivity index (χ2v) is 6.97. The largest absolute Gasteiger partial charge is 0.465 e. The Labute approximate surface area is 168 Å². The quantitative estimate of drug-likeness (QED) is 0.613.